The molecule has 1 aromatic carbocycles. The van der Waals surface area contributed by atoms with Gasteiger partial charge in [0, 0.05) is 31.4 Å². The number of rotatable bonds is 3. The zero-order valence-electron chi connectivity index (χ0n) is 11.9. The number of likely N-dealkylation sites (tertiary alicyclic amines) is 1. The minimum atomic E-state index is 0.631. The van der Waals surface area contributed by atoms with Gasteiger partial charge in [-0.1, -0.05) is 12.5 Å². The Kier molecular flexibility index (Phi) is 3.76. The molecule has 0 bridgehead atoms. The number of benzene rings is 1. The highest BCUT2D eigenvalue weighted by molar-refractivity contribution is 5.46. The van der Waals surface area contributed by atoms with Crippen molar-refractivity contribution in [2.45, 2.75) is 45.3 Å². The minimum Gasteiger partial charge on any atom is -0.399 e. The lowest BCUT2D eigenvalue weighted by Crippen LogP contribution is -2.41. The van der Waals surface area contributed by atoms with Crippen LogP contribution in [0.25, 0.3) is 0 Å². The normalized spacial score (nSPS) is 22.4. The van der Waals surface area contributed by atoms with Gasteiger partial charge in [0.05, 0.1) is 0 Å². The molecule has 2 heterocycles. The molecule has 2 aliphatic heterocycles. The molecule has 1 atom stereocenters. The van der Waals surface area contributed by atoms with Crippen LogP contribution >= 0.6 is 0 Å². The monoisotopic (exact) mass is 259 g/mol. The summed E-state index contributed by atoms with van der Waals surface area (Å²) in [5.41, 5.74) is 9.65. The van der Waals surface area contributed by atoms with Crippen molar-refractivity contribution in [3.8, 4) is 0 Å². The molecule has 1 fully saturated rings. The van der Waals surface area contributed by atoms with E-state index in [0.717, 1.165) is 18.8 Å². The second-order valence-electron chi connectivity index (χ2n) is 6.14. The summed E-state index contributed by atoms with van der Waals surface area (Å²) in [5, 5.41) is 0. The fourth-order valence-corrected chi connectivity index (χ4v) is 3.38. The largest absolute Gasteiger partial charge is 0.399 e. The maximum atomic E-state index is 5.88. The highest BCUT2D eigenvalue weighted by atomic mass is 15.2. The van der Waals surface area contributed by atoms with E-state index in [9.17, 15) is 0 Å². The first-order chi connectivity index (χ1) is 9.22. The molecule has 3 rings (SSSR count). The van der Waals surface area contributed by atoms with E-state index >= 15 is 0 Å². The molecule has 19 heavy (non-hydrogen) atoms. The van der Waals surface area contributed by atoms with Crippen LogP contribution in [0, 0.1) is 0 Å². The second kappa shape index (κ2) is 5.51. The number of hydrogen-bond donors (Lipinski definition) is 1. The van der Waals surface area contributed by atoms with E-state index in [1.807, 2.05) is 6.07 Å². The fourth-order valence-electron chi connectivity index (χ4n) is 3.38. The van der Waals surface area contributed by atoms with E-state index in [1.165, 1.54) is 50.0 Å². The third-order valence-electron chi connectivity index (χ3n) is 4.57. The number of hydrogen-bond acceptors (Lipinski definition) is 3. The molecule has 2 N–H and O–H groups in total. The van der Waals surface area contributed by atoms with Gasteiger partial charge in [0.2, 0.25) is 0 Å². The van der Waals surface area contributed by atoms with Gasteiger partial charge in [0.1, 0.15) is 0 Å². The fraction of sp³-hybridized carbons (Fsp3) is 0.625. The summed E-state index contributed by atoms with van der Waals surface area (Å²) in [6.07, 6.45) is 4.17. The summed E-state index contributed by atoms with van der Waals surface area (Å²) in [4.78, 5) is 5.21. The predicted molar refractivity (Wildman–Crippen MR) is 79.9 cm³/mol. The van der Waals surface area contributed by atoms with E-state index in [2.05, 4.69) is 28.9 Å². The van der Waals surface area contributed by atoms with Crippen LogP contribution in [0.2, 0.25) is 0 Å². The van der Waals surface area contributed by atoms with Crippen LogP contribution in [-0.2, 0) is 13.1 Å². The maximum absolute atomic E-state index is 5.88. The zero-order valence-corrected chi connectivity index (χ0v) is 11.9. The summed E-state index contributed by atoms with van der Waals surface area (Å²) in [6.45, 7) is 8.31. The van der Waals surface area contributed by atoms with Gasteiger partial charge in [0.15, 0.2) is 0 Å². The minimum absolute atomic E-state index is 0.631. The Morgan fingerprint density at radius 1 is 1.11 bits per heavy atom. The number of nitrogens with zero attached hydrogens (tertiary/aromatic N) is 2. The Bertz CT molecular complexity index is 438. The molecule has 1 saturated heterocycles. The molecular formula is C16H25N3. The number of anilines is 1. The molecule has 3 nitrogen and oxygen atoms in total. The molecule has 0 saturated carbocycles. The third-order valence-corrected chi connectivity index (χ3v) is 4.57. The average Bonchev–Trinajstić information content (AvgIpc) is 2.83. The van der Waals surface area contributed by atoms with Gasteiger partial charge in [0.25, 0.3) is 0 Å². The molecule has 3 heteroatoms. The van der Waals surface area contributed by atoms with Gasteiger partial charge in [-0.15, -0.1) is 0 Å². The highest BCUT2D eigenvalue weighted by Crippen LogP contribution is 2.26. The van der Waals surface area contributed by atoms with E-state index < -0.39 is 0 Å². The summed E-state index contributed by atoms with van der Waals surface area (Å²) in [5.74, 6) is 0. The molecular weight excluding hydrogens is 234 g/mol. The Labute approximate surface area is 116 Å². The summed E-state index contributed by atoms with van der Waals surface area (Å²) < 4.78 is 0. The van der Waals surface area contributed by atoms with Crippen LogP contribution in [0.3, 0.4) is 0 Å². The number of nitrogen functional groups attached to an aromatic ring is 1. The Morgan fingerprint density at radius 2 is 1.84 bits per heavy atom. The highest BCUT2D eigenvalue weighted by Gasteiger charge is 2.24. The third kappa shape index (κ3) is 2.93. The van der Waals surface area contributed by atoms with Crippen LogP contribution in [0.15, 0.2) is 18.2 Å². The van der Waals surface area contributed by atoms with Crippen LogP contribution in [-0.4, -0.2) is 35.5 Å². The topological polar surface area (TPSA) is 32.5 Å². The number of piperidine rings is 1. The van der Waals surface area contributed by atoms with Crippen LogP contribution in [0.1, 0.15) is 37.3 Å². The molecule has 2 aliphatic rings. The predicted octanol–water partition coefficient (Wildman–Crippen LogP) is 2.46. The van der Waals surface area contributed by atoms with Crippen molar-refractivity contribution in [1.82, 2.24) is 9.80 Å². The standard InChI is InChI=1S/C16H25N3/c1-13(10-18-7-3-2-4-8-18)19-11-14-5-6-16(17)9-15(14)12-19/h5-6,9,13H,2-4,7-8,10-12,17H2,1H3. The van der Waals surface area contributed by atoms with Crippen molar-refractivity contribution in [2.24, 2.45) is 0 Å². The smallest absolute Gasteiger partial charge is 0.0317 e. The van der Waals surface area contributed by atoms with Crippen molar-refractivity contribution in [2.75, 3.05) is 25.4 Å². The van der Waals surface area contributed by atoms with Gasteiger partial charge in [-0.05, 0) is 56.1 Å². The first kappa shape index (κ1) is 12.9. The Morgan fingerprint density at radius 3 is 2.63 bits per heavy atom. The molecule has 0 amide bonds. The Balaban J connectivity index is 1.59. The van der Waals surface area contributed by atoms with E-state index in [4.69, 9.17) is 5.73 Å². The SMILES string of the molecule is CC(CN1CCCCC1)N1Cc2ccc(N)cc2C1. The Hall–Kier alpha value is -1.06. The maximum Gasteiger partial charge on any atom is 0.0317 e. The van der Waals surface area contributed by atoms with Crippen molar-refractivity contribution >= 4 is 5.69 Å². The number of fused-ring (bicyclic) bond motifs is 1. The average molecular weight is 259 g/mol. The van der Waals surface area contributed by atoms with Crippen LogP contribution in [0.5, 0.6) is 0 Å². The first-order valence-electron chi connectivity index (χ1n) is 7.56. The lowest BCUT2D eigenvalue weighted by Gasteiger charge is -2.33. The molecule has 0 radical (unpaired) electrons. The van der Waals surface area contributed by atoms with Crippen molar-refractivity contribution < 1.29 is 0 Å². The second-order valence-corrected chi connectivity index (χ2v) is 6.14. The number of nitrogens with two attached hydrogens (primary N) is 1. The summed E-state index contributed by atoms with van der Waals surface area (Å²) in [7, 11) is 0. The van der Waals surface area contributed by atoms with Gasteiger partial charge in [-0.25, -0.2) is 0 Å². The quantitative estimate of drug-likeness (QED) is 0.846. The van der Waals surface area contributed by atoms with Gasteiger partial charge in [-0.2, -0.15) is 0 Å². The first-order valence-corrected chi connectivity index (χ1v) is 7.56. The van der Waals surface area contributed by atoms with Crippen molar-refractivity contribution in [1.29, 1.82) is 0 Å². The summed E-state index contributed by atoms with van der Waals surface area (Å²) in [6, 6.07) is 6.99. The zero-order chi connectivity index (χ0) is 13.2. The van der Waals surface area contributed by atoms with E-state index in [0.29, 0.717) is 6.04 Å². The van der Waals surface area contributed by atoms with Gasteiger partial charge < -0.3 is 10.6 Å². The molecule has 1 unspecified atom stereocenters. The lowest BCUT2D eigenvalue weighted by molar-refractivity contribution is 0.133. The molecule has 0 aromatic heterocycles. The van der Waals surface area contributed by atoms with Crippen LogP contribution < -0.4 is 5.73 Å². The van der Waals surface area contributed by atoms with Gasteiger partial charge >= 0.3 is 0 Å². The molecule has 0 aliphatic carbocycles. The molecule has 1 aromatic rings. The van der Waals surface area contributed by atoms with Crippen LogP contribution in [0.4, 0.5) is 5.69 Å². The summed E-state index contributed by atoms with van der Waals surface area (Å²) >= 11 is 0. The molecule has 0 spiro atoms. The van der Waals surface area contributed by atoms with Crippen molar-refractivity contribution in [3.05, 3.63) is 29.3 Å². The van der Waals surface area contributed by atoms with Crippen molar-refractivity contribution in [3.63, 3.8) is 0 Å². The van der Waals surface area contributed by atoms with Gasteiger partial charge in [-0.3, -0.25) is 4.90 Å². The molecule has 104 valence electrons. The van der Waals surface area contributed by atoms with E-state index in [-0.39, 0.29) is 0 Å². The lowest BCUT2D eigenvalue weighted by atomic mass is 10.1. The van der Waals surface area contributed by atoms with E-state index in [1.54, 1.807) is 0 Å².